The van der Waals surface area contributed by atoms with Gasteiger partial charge in [-0.25, -0.2) is 13.4 Å². The predicted octanol–water partition coefficient (Wildman–Crippen LogP) is 4.29. The van der Waals surface area contributed by atoms with Gasteiger partial charge in [0.15, 0.2) is 15.6 Å². The van der Waals surface area contributed by atoms with Gasteiger partial charge < -0.3 is 9.47 Å². The summed E-state index contributed by atoms with van der Waals surface area (Å²) in [6, 6.07) is 17.5. The van der Waals surface area contributed by atoms with Crippen LogP contribution in [-0.4, -0.2) is 24.6 Å². The van der Waals surface area contributed by atoms with Gasteiger partial charge in [-0.3, -0.25) is 4.98 Å². The van der Waals surface area contributed by atoms with Gasteiger partial charge in [-0.15, -0.1) is 0 Å². The zero-order valence-corrected chi connectivity index (χ0v) is 17.1. The number of hydrogen-bond donors (Lipinski definition) is 0. The molecule has 152 valence electrons. The fraction of sp³-hybridized carbons (Fsp3) is 0.130. The fourth-order valence-corrected chi connectivity index (χ4v) is 3.69. The molecule has 1 aromatic carbocycles. The maximum atomic E-state index is 11.7. The Balaban J connectivity index is 1.63. The van der Waals surface area contributed by atoms with Crippen molar-refractivity contribution in [2.75, 3.05) is 6.26 Å². The van der Waals surface area contributed by atoms with E-state index in [9.17, 15) is 8.42 Å². The second-order valence-corrected chi connectivity index (χ2v) is 8.84. The maximum absolute atomic E-state index is 11.7. The van der Waals surface area contributed by atoms with Crippen molar-refractivity contribution in [1.29, 1.82) is 0 Å². The first-order chi connectivity index (χ1) is 14.5. The van der Waals surface area contributed by atoms with Crippen LogP contribution in [0.3, 0.4) is 0 Å². The molecule has 6 nitrogen and oxygen atoms in total. The summed E-state index contributed by atoms with van der Waals surface area (Å²) in [7, 11) is -3.27. The van der Waals surface area contributed by atoms with Gasteiger partial charge in [0.1, 0.15) is 11.5 Å². The Hall–Kier alpha value is -3.45. The van der Waals surface area contributed by atoms with E-state index in [1.807, 2.05) is 42.5 Å². The quantitative estimate of drug-likeness (QED) is 0.592. The molecule has 0 saturated heterocycles. The molecule has 7 heteroatoms. The van der Waals surface area contributed by atoms with Gasteiger partial charge in [0.05, 0.1) is 4.90 Å². The highest BCUT2D eigenvalue weighted by molar-refractivity contribution is 7.90. The van der Waals surface area contributed by atoms with E-state index in [4.69, 9.17) is 9.47 Å². The Morgan fingerprint density at radius 3 is 2.27 bits per heavy atom. The van der Waals surface area contributed by atoms with Crippen molar-refractivity contribution in [3.05, 3.63) is 102 Å². The number of sulfone groups is 1. The van der Waals surface area contributed by atoms with Crippen LogP contribution in [0, 0.1) is 0 Å². The molecule has 0 radical (unpaired) electrons. The first-order valence-corrected chi connectivity index (χ1v) is 11.3. The van der Waals surface area contributed by atoms with Gasteiger partial charge in [-0.1, -0.05) is 18.2 Å². The lowest BCUT2D eigenvalue weighted by molar-refractivity contribution is 0.328. The number of allylic oxidation sites excluding steroid dienone is 3. The van der Waals surface area contributed by atoms with Gasteiger partial charge in [-0.05, 0) is 48.5 Å². The number of benzene rings is 1. The minimum atomic E-state index is -3.27. The highest BCUT2D eigenvalue weighted by Crippen LogP contribution is 2.33. The van der Waals surface area contributed by atoms with Gasteiger partial charge in [0.25, 0.3) is 0 Å². The average molecular weight is 420 g/mol. The molecule has 1 aliphatic carbocycles. The molecule has 0 amide bonds. The number of rotatable bonds is 6. The van der Waals surface area contributed by atoms with Gasteiger partial charge in [-0.2, -0.15) is 0 Å². The Kier molecular flexibility index (Phi) is 5.63. The SMILES string of the molecule is CS(=O)(=O)c1ccc(OC2=C(Oc3ccccn3)C=CC(c3ccccn3)C2)cc1. The van der Waals surface area contributed by atoms with Crippen LogP contribution in [0.2, 0.25) is 0 Å². The van der Waals surface area contributed by atoms with Crippen LogP contribution < -0.4 is 9.47 Å². The fourth-order valence-electron chi connectivity index (χ4n) is 3.06. The second-order valence-electron chi connectivity index (χ2n) is 6.83. The molecule has 1 atom stereocenters. The Morgan fingerprint density at radius 1 is 0.900 bits per heavy atom. The summed E-state index contributed by atoms with van der Waals surface area (Å²) in [6.45, 7) is 0. The average Bonchev–Trinajstić information content (AvgIpc) is 2.76. The van der Waals surface area contributed by atoms with Crippen LogP contribution in [0.4, 0.5) is 0 Å². The topological polar surface area (TPSA) is 78.4 Å². The van der Waals surface area contributed by atoms with Crippen molar-refractivity contribution in [2.45, 2.75) is 17.2 Å². The molecule has 30 heavy (non-hydrogen) atoms. The van der Waals surface area contributed by atoms with Crippen molar-refractivity contribution >= 4 is 9.84 Å². The second kappa shape index (κ2) is 8.51. The largest absolute Gasteiger partial charge is 0.458 e. The molecule has 2 aromatic heterocycles. The molecule has 0 spiro atoms. The smallest absolute Gasteiger partial charge is 0.219 e. The molecule has 0 saturated carbocycles. The van der Waals surface area contributed by atoms with E-state index >= 15 is 0 Å². The third-order valence-electron chi connectivity index (χ3n) is 4.57. The summed E-state index contributed by atoms with van der Waals surface area (Å²) in [5.41, 5.74) is 0.930. The molecule has 1 aliphatic rings. The Bertz CT molecular complexity index is 1170. The van der Waals surface area contributed by atoms with E-state index < -0.39 is 9.84 Å². The van der Waals surface area contributed by atoms with Gasteiger partial charge >= 0.3 is 0 Å². The van der Waals surface area contributed by atoms with Crippen LogP contribution in [0.1, 0.15) is 18.0 Å². The first kappa shape index (κ1) is 19.8. The van der Waals surface area contributed by atoms with Crippen LogP contribution in [-0.2, 0) is 9.84 Å². The molecule has 2 heterocycles. The molecule has 4 rings (SSSR count). The molecule has 0 bridgehead atoms. The maximum Gasteiger partial charge on any atom is 0.219 e. The minimum Gasteiger partial charge on any atom is -0.458 e. The van der Waals surface area contributed by atoms with Gasteiger partial charge in [0, 0.05) is 42.7 Å². The molecule has 0 aliphatic heterocycles. The number of aromatic nitrogens is 2. The van der Waals surface area contributed by atoms with E-state index in [1.165, 1.54) is 18.4 Å². The van der Waals surface area contributed by atoms with Crippen LogP contribution in [0.25, 0.3) is 0 Å². The van der Waals surface area contributed by atoms with E-state index in [0.717, 1.165) is 5.69 Å². The monoisotopic (exact) mass is 420 g/mol. The number of hydrogen-bond acceptors (Lipinski definition) is 6. The lowest BCUT2D eigenvalue weighted by atomic mass is 9.94. The summed E-state index contributed by atoms with van der Waals surface area (Å²) in [5.74, 6) is 2.18. The molecule has 1 unspecified atom stereocenters. The molecule has 3 aromatic rings. The van der Waals surface area contributed by atoms with Crippen molar-refractivity contribution < 1.29 is 17.9 Å². The van der Waals surface area contributed by atoms with Gasteiger partial charge in [0.2, 0.25) is 5.88 Å². The third kappa shape index (κ3) is 4.75. The lowest BCUT2D eigenvalue weighted by Crippen LogP contribution is -2.13. The molecule has 0 fully saturated rings. The standard InChI is InChI=1S/C23H20N2O4S/c1-30(26,27)19-11-9-18(10-12-19)28-22-16-17(20-6-2-4-14-24-20)8-13-21(22)29-23-7-3-5-15-25-23/h2-15,17H,16H2,1H3. The number of ether oxygens (including phenoxy) is 2. The normalized spacial score (nSPS) is 16.4. The molecular formula is C23H20N2O4S. The third-order valence-corrected chi connectivity index (χ3v) is 5.70. The zero-order chi connectivity index (χ0) is 21.0. The van der Waals surface area contributed by atoms with Crippen LogP contribution in [0.5, 0.6) is 11.6 Å². The highest BCUT2D eigenvalue weighted by Gasteiger charge is 2.23. The number of pyridine rings is 2. The van der Waals surface area contributed by atoms with E-state index in [2.05, 4.69) is 9.97 Å². The van der Waals surface area contributed by atoms with E-state index in [-0.39, 0.29) is 10.8 Å². The first-order valence-electron chi connectivity index (χ1n) is 9.38. The number of nitrogens with zero attached hydrogens (tertiary/aromatic N) is 2. The summed E-state index contributed by atoms with van der Waals surface area (Å²) >= 11 is 0. The Morgan fingerprint density at radius 2 is 1.63 bits per heavy atom. The summed E-state index contributed by atoms with van der Waals surface area (Å²) in [4.78, 5) is 8.89. The lowest BCUT2D eigenvalue weighted by Gasteiger charge is -2.22. The molecule has 0 N–H and O–H groups in total. The van der Waals surface area contributed by atoms with E-state index in [1.54, 1.807) is 30.6 Å². The highest BCUT2D eigenvalue weighted by atomic mass is 32.2. The summed E-state index contributed by atoms with van der Waals surface area (Å²) in [5, 5.41) is 0. The minimum absolute atomic E-state index is 0.0348. The Labute approximate surface area is 175 Å². The molecular weight excluding hydrogens is 400 g/mol. The van der Waals surface area contributed by atoms with Crippen LogP contribution >= 0.6 is 0 Å². The predicted molar refractivity (Wildman–Crippen MR) is 113 cm³/mol. The summed E-state index contributed by atoms with van der Waals surface area (Å²) < 4.78 is 35.4. The van der Waals surface area contributed by atoms with Crippen molar-refractivity contribution in [2.24, 2.45) is 0 Å². The van der Waals surface area contributed by atoms with E-state index in [0.29, 0.717) is 29.6 Å². The van der Waals surface area contributed by atoms with Crippen molar-refractivity contribution in [3.8, 4) is 11.6 Å². The summed E-state index contributed by atoms with van der Waals surface area (Å²) in [6.07, 6.45) is 9.02. The van der Waals surface area contributed by atoms with Crippen LogP contribution in [0.15, 0.2) is 102 Å². The zero-order valence-electron chi connectivity index (χ0n) is 16.3. The van der Waals surface area contributed by atoms with Crippen molar-refractivity contribution in [1.82, 2.24) is 9.97 Å². The van der Waals surface area contributed by atoms with Crippen molar-refractivity contribution in [3.63, 3.8) is 0 Å².